The quantitative estimate of drug-likeness (QED) is 0.319. The summed E-state index contributed by atoms with van der Waals surface area (Å²) in [6, 6.07) is 6.38. The molecule has 8 nitrogen and oxygen atoms in total. The molecule has 0 unspecified atom stereocenters. The molecule has 8 rings (SSSR count). The number of alkyl halides is 1. The predicted octanol–water partition coefficient (Wildman–Crippen LogP) is 5.99. The van der Waals surface area contributed by atoms with Crippen LogP contribution in [0.1, 0.15) is 56.4 Å². The minimum absolute atomic E-state index is 0.0314. The van der Waals surface area contributed by atoms with Crippen LogP contribution in [-0.4, -0.2) is 87.4 Å². The van der Waals surface area contributed by atoms with Crippen LogP contribution < -0.4 is 9.64 Å². The zero-order valence-corrected chi connectivity index (χ0v) is 25.8. The molecule has 0 bridgehead atoms. The number of rotatable bonds is 7. The number of hydrogen-bond donors (Lipinski definition) is 1. The van der Waals surface area contributed by atoms with Crippen molar-refractivity contribution in [2.45, 2.75) is 68.1 Å². The Kier molecular flexibility index (Phi) is 6.77. The molecule has 45 heavy (non-hydrogen) atoms. The van der Waals surface area contributed by atoms with Crippen LogP contribution in [0.15, 0.2) is 36.9 Å². The van der Waals surface area contributed by atoms with Gasteiger partial charge in [-0.1, -0.05) is 18.2 Å². The highest BCUT2D eigenvalue weighted by molar-refractivity contribution is 6.32. The summed E-state index contributed by atoms with van der Waals surface area (Å²) in [5.41, 5.74) is 1.50. The van der Waals surface area contributed by atoms with Crippen LogP contribution in [0.25, 0.3) is 22.0 Å². The van der Waals surface area contributed by atoms with E-state index in [0.717, 1.165) is 50.6 Å². The van der Waals surface area contributed by atoms with Gasteiger partial charge in [-0.25, -0.2) is 8.78 Å². The maximum Gasteiger partial charge on any atom is 0.319 e. The highest BCUT2D eigenvalue weighted by Gasteiger charge is 2.53. The first-order chi connectivity index (χ1) is 21.7. The fourth-order valence-electron chi connectivity index (χ4n) is 8.07. The fourth-order valence-corrected chi connectivity index (χ4v) is 8.44. The SMILES string of the molecule is C=CC(=O)N1CCN(c2nc(OC[C@@]34CCCN3C[C@H](F)C4)nc3cc(-c4cc(O)cc(Cl)c4C4CC4)c(F)cc23)CC12CC2. The van der Waals surface area contributed by atoms with Gasteiger partial charge < -0.3 is 19.6 Å². The minimum atomic E-state index is -0.883. The maximum absolute atomic E-state index is 16.2. The normalized spacial score (nSPS) is 25.6. The molecule has 0 radical (unpaired) electrons. The number of ether oxygens (including phenoxy) is 1. The molecular weight excluding hydrogens is 600 g/mol. The third-order valence-corrected chi connectivity index (χ3v) is 10.9. The molecule has 11 heteroatoms. The average Bonchev–Trinajstić information content (AvgIpc) is 3.93. The summed E-state index contributed by atoms with van der Waals surface area (Å²) in [6.45, 7) is 6.77. The molecule has 3 aliphatic heterocycles. The van der Waals surface area contributed by atoms with Gasteiger partial charge in [-0.05, 0) is 92.5 Å². The van der Waals surface area contributed by atoms with Crippen LogP contribution in [0.4, 0.5) is 14.6 Å². The van der Waals surface area contributed by atoms with Gasteiger partial charge in [-0.2, -0.15) is 9.97 Å². The second-order valence-electron chi connectivity index (χ2n) is 13.5. The Balaban J connectivity index is 1.22. The van der Waals surface area contributed by atoms with Crippen molar-refractivity contribution in [2.75, 3.05) is 44.2 Å². The van der Waals surface area contributed by atoms with E-state index in [4.69, 9.17) is 26.3 Å². The van der Waals surface area contributed by atoms with Crippen molar-refractivity contribution in [3.05, 3.63) is 53.3 Å². The topological polar surface area (TPSA) is 82.0 Å². The van der Waals surface area contributed by atoms with Crippen molar-refractivity contribution in [2.24, 2.45) is 0 Å². The Bertz CT molecular complexity index is 1730. The maximum atomic E-state index is 16.2. The number of carbonyl (C=O) groups is 1. The van der Waals surface area contributed by atoms with E-state index in [1.807, 2.05) is 4.90 Å². The van der Waals surface area contributed by atoms with Crippen LogP contribution in [-0.2, 0) is 4.79 Å². The number of hydrogen-bond acceptors (Lipinski definition) is 7. The number of halogens is 3. The van der Waals surface area contributed by atoms with Gasteiger partial charge in [-0.3, -0.25) is 9.69 Å². The Morgan fingerprint density at radius 3 is 2.71 bits per heavy atom. The lowest BCUT2D eigenvalue weighted by molar-refractivity contribution is -0.129. The summed E-state index contributed by atoms with van der Waals surface area (Å²) in [5, 5.41) is 11.4. The van der Waals surface area contributed by atoms with E-state index < -0.39 is 12.0 Å². The van der Waals surface area contributed by atoms with E-state index in [1.165, 1.54) is 18.2 Å². The average molecular weight is 636 g/mol. The molecule has 5 fully saturated rings. The number of anilines is 1. The van der Waals surface area contributed by atoms with Gasteiger partial charge in [0.05, 0.1) is 16.6 Å². The van der Waals surface area contributed by atoms with Gasteiger partial charge in [0.1, 0.15) is 30.2 Å². The number of carbonyl (C=O) groups excluding carboxylic acids is 1. The van der Waals surface area contributed by atoms with Gasteiger partial charge >= 0.3 is 6.01 Å². The number of benzene rings is 2. The molecule has 1 N–H and O–H groups in total. The summed E-state index contributed by atoms with van der Waals surface area (Å²) < 4.78 is 37.0. The third kappa shape index (κ3) is 4.92. The molecule has 4 heterocycles. The van der Waals surface area contributed by atoms with Gasteiger partial charge in [-0.15, -0.1) is 0 Å². The summed E-state index contributed by atoms with van der Waals surface area (Å²) in [4.78, 5) is 28.5. The van der Waals surface area contributed by atoms with Gasteiger partial charge in [0.2, 0.25) is 5.91 Å². The van der Waals surface area contributed by atoms with Crippen LogP contribution >= 0.6 is 11.6 Å². The van der Waals surface area contributed by atoms with Crippen LogP contribution in [0.5, 0.6) is 11.8 Å². The third-order valence-electron chi connectivity index (χ3n) is 10.6. The number of fused-ring (bicyclic) bond motifs is 2. The van der Waals surface area contributed by atoms with Crippen molar-refractivity contribution >= 4 is 34.2 Å². The number of phenolic OH excluding ortho intramolecular Hbond substituents is 1. The molecule has 236 valence electrons. The molecular formula is C34H36ClF2N5O3. The monoisotopic (exact) mass is 635 g/mol. The number of phenols is 1. The molecule has 2 aliphatic carbocycles. The smallest absolute Gasteiger partial charge is 0.319 e. The first-order valence-electron chi connectivity index (χ1n) is 15.9. The summed E-state index contributed by atoms with van der Waals surface area (Å²) in [6.07, 6.45) is 6.41. The Hall–Kier alpha value is -3.50. The lowest BCUT2D eigenvalue weighted by Crippen LogP contribution is -2.57. The van der Waals surface area contributed by atoms with Crippen molar-refractivity contribution in [3.8, 4) is 22.9 Å². The minimum Gasteiger partial charge on any atom is -0.508 e. The van der Waals surface area contributed by atoms with E-state index in [1.54, 1.807) is 12.1 Å². The van der Waals surface area contributed by atoms with E-state index in [0.29, 0.717) is 65.5 Å². The molecule has 1 spiro atoms. The number of aromatic nitrogens is 2. The van der Waals surface area contributed by atoms with Crippen molar-refractivity contribution in [1.82, 2.24) is 19.8 Å². The first-order valence-corrected chi connectivity index (χ1v) is 16.3. The largest absolute Gasteiger partial charge is 0.508 e. The fraction of sp³-hybridized carbons (Fsp3) is 0.500. The highest BCUT2D eigenvalue weighted by atomic mass is 35.5. The second kappa shape index (κ2) is 10.5. The van der Waals surface area contributed by atoms with E-state index in [-0.39, 0.29) is 41.3 Å². The number of amides is 1. The molecule has 1 amide bonds. The lowest BCUT2D eigenvalue weighted by Gasteiger charge is -2.42. The number of nitrogens with zero attached hydrogens (tertiary/aromatic N) is 5. The van der Waals surface area contributed by atoms with Crippen LogP contribution in [0.3, 0.4) is 0 Å². The Labute approximate surface area is 265 Å². The molecule has 2 saturated carbocycles. The number of aromatic hydroxyl groups is 1. The number of piperazine rings is 1. The highest BCUT2D eigenvalue weighted by Crippen LogP contribution is 2.50. The second-order valence-corrected chi connectivity index (χ2v) is 14.0. The molecule has 1 aromatic heterocycles. The first kappa shape index (κ1) is 28.9. The van der Waals surface area contributed by atoms with Gasteiger partial charge in [0.15, 0.2) is 0 Å². The zero-order chi connectivity index (χ0) is 31.1. The van der Waals surface area contributed by atoms with Gasteiger partial charge in [0.25, 0.3) is 0 Å². The van der Waals surface area contributed by atoms with Crippen LogP contribution in [0.2, 0.25) is 5.02 Å². The van der Waals surface area contributed by atoms with E-state index in [2.05, 4.69) is 16.4 Å². The Morgan fingerprint density at radius 1 is 1.13 bits per heavy atom. The molecule has 2 aromatic carbocycles. The van der Waals surface area contributed by atoms with Crippen molar-refractivity contribution in [1.29, 1.82) is 0 Å². The summed E-state index contributed by atoms with van der Waals surface area (Å²) in [7, 11) is 0. The van der Waals surface area contributed by atoms with Crippen molar-refractivity contribution in [3.63, 3.8) is 0 Å². The van der Waals surface area contributed by atoms with E-state index in [9.17, 15) is 14.3 Å². The standard InChI is InChI=1S/C34H36ClF2N5O3/c1-2-29(44)42-11-10-40(18-33(42)7-8-33)31-25-14-27(37)23(24-12-22(43)13-26(35)30(24)20-4-5-20)15-28(25)38-32(39-31)45-19-34-6-3-9-41(34)17-21(36)16-34/h2,12-15,20-21,43H,1,3-11,16-19H2/t21-,34+/m1/s1. The van der Waals surface area contributed by atoms with E-state index >= 15 is 4.39 Å². The zero-order valence-electron chi connectivity index (χ0n) is 25.1. The summed E-state index contributed by atoms with van der Waals surface area (Å²) >= 11 is 6.58. The van der Waals surface area contributed by atoms with Gasteiger partial charge in [0, 0.05) is 48.6 Å². The van der Waals surface area contributed by atoms with Crippen LogP contribution in [0, 0.1) is 5.82 Å². The molecule has 2 atom stereocenters. The van der Waals surface area contributed by atoms with Crippen molar-refractivity contribution < 1.29 is 23.4 Å². The predicted molar refractivity (Wildman–Crippen MR) is 168 cm³/mol. The molecule has 3 saturated heterocycles. The lowest BCUT2D eigenvalue weighted by atomic mass is 9.94. The summed E-state index contributed by atoms with van der Waals surface area (Å²) in [5.74, 6) is 0.178. The molecule has 5 aliphatic rings. The Morgan fingerprint density at radius 2 is 1.96 bits per heavy atom. The molecule has 3 aromatic rings.